The highest BCUT2D eigenvalue weighted by Gasteiger charge is 2.18. The van der Waals surface area contributed by atoms with Crippen LogP contribution in [0.15, 0.2) is 6.07 Å². The second-order valence-electron chi connectivity index (χ2n) is 4.36. The Kier molecular flexibility index (Phi) is 3.47. The lowest BCUT2D eigenvalue weighted by Gasteiger charge is -2.23. The van der Waals surface area contributed by atoms with Gasteiger partial charge in [0.05, 0.1) is 12.1 Å². The summed E-state index contributed by atoms with van der Waals surface area (Å²) >= 11 is 0. The fourth-order valence-electron chi connectivity index (χ4n) is 1.20. The SMILES string of the molecule is Cc1cc(CC(=O)NC(C)(C)CN)n[nH]1. The summed E-state index contributed by atoms with van der Waals surface area (Å²) in [5.41, 5.74) is 6.86. The molecule has 0 aromatic carbocycles. The summed E-state index contributed by atoms with van der Waals surface area (Å²) in [6.45, 7) is 6.10. The van der Waals surface area contributed by atoms with E-state index >= 15 is 0 Å². The van der Waals surface area contributed by atoms with E-state index in [4.69, 9.17) is 5.73 Å². The van der Waals surface area contributed by atoms with Crippen molar-refractivity contribution >= 4 is 5.91 Å². The van der Waals surface area contributed by atoms with Crippen molar-refractivity contribution in [3.8, 4) is 0 Å². The fraction of sp³-hybridized carbons (Fsp3) is 0.600. The number of hydrogen-bond acceptors (Lipinski definition) is 3. The maximum absolute atomic E-state index is 11.6. The van der Waals surface area contributed by atoms with Gasteiger partial charge in [0.2, 0.25) is 5.91 Å². The van der Waals surface area contributed by atoms with Crippen molar-refractivity contribution in [3.05, 3.63) is 17.5 Å². The number of nitrogens with zero attached hydrogens (tertiary/aromatic N) is 1. The molecule has 0 spiro atoms. The number of H-pyrrole nitrogens is 1. The van der Waals surface area contributed by atoms with Gasteiger partial charge < -0.3 is 11.1 Å². The summed E-state index contributed by atoms with van der Waals surface area (Å²) in [4.78, 5) is 11.6. The van der Waals surface area contributed by atoms with Crippen LogP contribution in [-0.4, -0.2) is 28.2 Å². The van der Waals surface area contributed by atoms with Crippen LogP contribution in [0.1, 0.15) is 25.2 Å². The van der Waals surface area contributed by atoms with Crippen LogP contribution >= 0.6 is 0 Å². The van der Waals surface area contributed by atoms with E-state index in [1.165, 1.54) is 0 Å². The number of aryl methyl sites for hydroxylation is 1. The Labute approximate surface area is 89.4 Å². The highest BCUT2D eigenvalue weighted by atomic mass is 16.1. The molecular formula is C10H18N4O. The molecule has 0 bridgehead atoms. The number of rotatable bonds is 4. The molecule has 0 saturated heterocycles. The third-order valence-corrected chi connectivity index (χ3v) is 2.09. The molecule has 1 amide bonds. The molecule has 1 heterocycles. The zero-order valence-electron chi connectivity index (χ0n) is 9.42. The van der Waals surface area contributed by atoms with E-state index in [2.05, 4.69) is 15.5 Å². The van der Waals surface area contributed by atoms with E-state index in [-0.39, 0.29) is 17.9 Å². The Morgan fingerprint density at radius 1 is 1.67 bits per heavy atom. The van der Waals surface area contributed by atoms with Crippen LogP contribution in [0.2, 0.25) is 0 Å². The molecule has 0 aliphatic heterocycles. The first-order valence-electron chi connectivity index (χ1n) is 4.95. The molecular weight excluding hydrogens is 192 g/mol. The highest BCUT2D eigenvalue weighted by Crippen LogP contribution is 2.02. The zero-order valence-corrected chi connectivity index (χ0v) is 9.42. The first-order chi connectivity index (χ1) is 6.93. The molecule has 1 aromatic rings. The number of carbonyl (C=O) groups is 1. The molecule has 5 heteroatoms. The second-order valence-corrected chi connectivity index (χ2v) is 4.36. The minimum Gasteiger partial charge on any atom is -0.350 e. The van der Waals surface area contributed by atoms with Gasteiger partial charge in [-0.3, -0.25) is 9.89 Å². The largest absolute Gasteiger partial charge is 0.350 e. The topological polar surface area (TPSA) is 83.8 Å². The highest BCUT2D eigenvalue weighted by molar-refractivity contribution is 5.78. The maximum Gasteiger partial charge on any atom is 0.226 e. The van der Waals surface area contributed by atoms with E-state index in [0.29, 0.717) is 6.54 Å². The summed E-state index contributed by atoms with van der Waals surface area (Å²) in [5, 5.41) is 9.64. The standard InChI is InChI=1S/C10H18N4O/c1-7-4-8(14-13-7)5-9(15)12-10(2,3)6-11/h4H,5-6,11H2,1-3H3,(H,12,15)(H,13,14). The molecule has 0 radical (unpaired) electrons. The molecule has 0 unspecified atom stereocenters. The summed E-state index contributed by atoms with van der Waals surface area (Å²) in [5.74, 6) is -0.0584. The quantitative estimate of drug-likeness (QED) is 0.659. The van der Waals surface area contributed by atoms with Gasteiger partial charge in [0.15, 0.2) is 0 Å². The molecule has 5 nitrogen and oxygen atoms in total. The zero-order chi connectivity index (χ0) is 11.5. The van der Waals surface area contributed by atoms with Crippen molar-refractivity contribution in [2.45, 2.75) is 32.7 Å². The first-order valence-corrected chi connectivity index (χ1v) is 4.95. The molecule has 1 aromatic heterocycles. The van der Waals surface area contributed by atoms with E-state index < -0.39 is 0 Å². The van der Waals surface area contributed by atoms with E-state index in [1.807, 2.05) is 26.8 Å². The van der Waals surface area contributed by atoms with Crippen LogP contribution in [0.5, 0.6) is 0 Å². The van der Waals surface area contributed by atoms with Crippen LogP contribution in [-0.2, 0) is 11.2 Å². The van der Waals surface area contributed by atoms with Gasteiger partial charge in [-0.15, -0.1) is 0 Å². The van der Waals surface area contributed by atoms with Gasteiger partial charge in [0.25, 0.3) is 0 Å². The van der Waals surface area contributed by atoms with Crippen LogP contribution in [0.3, 0.4) is 0 Å². The third kappa shape index (κ3) is 3.71. The normalized spacial score (nSPS) is 11.5. The number of nitrogens with one attached hydrogen (secondary N) is 2. The maximum atomic E-state index is 11.6. The Morgan fingerprint density at radius 2 is 2.33 bits per heavy atom. The number of amides is 1. The fourth-order valence-corrected chi connectivity index (χ4v) is 1.20. The third-order valence-electron chi connectivity index (χ3n) is 2.09. The van der Waals surface area contributed by atoms with Gasteiger partial charge in [-0.2, -0.15) is 5.10 Å². The lowest BCUT2D eigenvalue weighted by molar-refractivity contribution is -0.121. The summed E-state index contributed by atoms with van der Waals surface area (Å²) in [7, 11) is 0. The molecule has 84 valence electrons. The van der Waals surface area contributed by atoms with E-state index in [1.54, 1.807) is 0 Å². The van der Waals surface area contributed by atoms with Gasteiger partial charge in [-0.25, -0.2) is 0 Å². The molecule has 15 heavy (non-hydrogen) atoms. The number of aromatic nitrogens is 2. The van der Waals surface area contributed by atoms with Gasteiger partial charge in [0.1, 0.15) is 0 Å². The molecule has 1 rings (SSSR count). The molecule has 0 atom stereocenters. The van der Waals surface area contributed by atoms with Crippen molar-refractivity contribution in [2.24, 2.45) is 5.73 Å². The molecule has 0 fully saturated rings. The minimum atomic E-state index is -0.359. The number of hydrogen-bond donors (Lipinski definition) is 3. The summed E-state index contributed by atoms with van der Waals surface area (Å²) in [6.07, 6.45) is 0.285. The van der Waals surface area contributed by atoms with Gasteiger partial charge in [-0.1, -0.05) is 0 Å². The minimum absolute atomic E-state index is 0.0584. The Hall–Kier alpha value is -1.36. The van der Waals surface area contributed by atoms with Gasteiger partial charge >= 0.3 is 0 Å². The monoisotopic (exact) mass is 210 g/mol. The lowest BCUT2D eigenvalue weighted by Crippen LogP contribution is -2.49. The Balaban J connectivity index is 2.50. The summed E-state index contributed by atoms with van der Waals surface area (Å²) < 4.78 is 0. The molecule has 4 N–H and O–H groups in total. The molecule has 0 aliphatic carbocycles. The molecule has 0 saturated carbocycles. The van der Waals surface area contributed by atoms with E-state index in [9.17, 15) is 4.79 Å². The van der Waals surface area contributed by atoms with Crippen LogP contribution in [0.25, 0.3) is 0 Å². The van der Waals surface area contributed by atoms with Crippen LogP contribution in [0.4, 0.5) is 0 Å². The predicted octanol–water partition coefficient (Wildman–Crippen LogP) is 0.114. The second kappa shape index (κ2) is 4.44. The van der Waals surface area contributed by atoms with E-state index in [0.717, 1.165) is 11.4 Å². The predicted molar refractivity (Wildman–Crippen MR) is 58.3 cm³/mol. The number of aromatic amines is 1. The van der Waals surface area contributed by atoms with Gasteiger partial charge in [0, 0.05) is 17.8 Å². The van der Waals surface area contributed by atoms with Crippen molar-refractivity contribution in [3.63, 3.8) is 0 Å². The number of nitrogens with two attached hydrogens (primary N) is 1. The van der Waals surface area contributed by atoms with Crippen molar-refractivity contribution in [1.82, 2.24) is 15.5 Å². The Bertz CT molecular complexity index is 343. The Morgan fingerprint density at radius 3 is 2.80 bits per heavy atom. The lowest BCUT2D eigenvalue weighted by atomic mass is 10.1. The molecule has 0 aliphatic rings. The van der Waals surface area contributed by atoms with Crippen LogP contribution in [0, 0.1) is 6.92 Å². The first kappa shape index (κ1) is 11.7. The van der Waals surface area contributed by atoms with Gasteiger partial charge in [-0.05, 0) is 26.8 Å². The average Bonchev–Trinajstić information content (AvgIpc) is 2.50. The number of carbonyl (C=O) groups excluding carboxylic acids is 1. The smallest absolute Gasteiger partial charge is 0.226 e. The van der Waals surface area contributed by atoms with Crippen LogP contribution < -0.4 is 11.1 Å². The van der Waals surface area contributed by atoms with Crippen molar-refractivity contribution in [2.75, 3.05) is 6.54 Å². The average molecular weight is 210 g/mol. The van der Waals surface area contributed by atoms with Crippen molar-refractivity contribution in [1.29, 1.82) is 0 Å². The van der Waals surface area contributed by atoms with Crippen molar-refractivity contribution < 1.29 is 4.79 Å². The summed E-state index contributed by atoms with van der Waals surface area (Å²) in [6, 6.07) is 1.86.